The smallest absolute Gasteiger partial charge is 0.335 e. The Labute approximate surface area is 131 Å². The van der Waals surface area contributed by atoms with Crippen LogP contribution in [0.2, 0.25) is 0 Å². The molecule has 5 nitrogen and oxygen atoms in total. The number of aromatic amines is 1. The number of carbonyl (C=O) groups is 1. The average Bonchev–Trinajstić information content (AvgIpc) is 2.53. The van der Waals surface area contributed by atoms with E-state index in [-0.39, 0.29) is 11.1 Å². The van der Waals surface area contributed by atoms with E-state index >= 15 is 0 Å². The van der Waals surface area contributed by atoms with Crippen molar-refractivity contribution in [2.24, 2.45) is 0 Å². The molecule has 22 heavy (non-hydrogen) atoms. The van der Waals surface area contributed by atoms with Gasteiger partial charge in [-0.25, -0.2) is 9.78 Å². The number of aromatic nitrogens is 2. The molecule has 0 unspecified atom stereocenters. The molecule has 1 aromatic carbocycles. The number of carboxylic acids is 1. The zero-order chi connectivity index (χ0) is 15.5. The summed E-state index contributed by atoms with van der Waals surface area (Å²) in [4.78, 5) is 30.2. The van der Waals surface area contributed by atoms with Crippen LogP contribution in [0.15, 0.2) is 34.2 Å². The Balaban J connectivity index is 1.72. The van der Waals surface area contributed by atoms with Crippen molar-refractivity contribution in [3.05, 3.63) is 57.0 Å². The summed E-state index contributed by atoms with van der Waals surface area (Å²) in [5, 5.41) is 9.50. The summed E-state index contributed by atoms with van der Waals surface area (Å²) in [6.45, 7) is 0. The van der Waals surface area contributed by atoms with Crippen LogP contribution >= 0.6 is 11.8 Å². The van der Waals surface area contributed by atoms with Gasteiger partial charge in [-0.3, -0.25) is 4.79 Å². The lowest BCUT2D eigenvalue weighted by Crippen LogP contribution is -2.21. The predicted molar refractivity (Wildman–Crippen MR) is 84.5 cm³/mol. The van der Waals surface area contributed by atoms with Crippen LogP contribution in [0.4, 0.5) is 0 Å². The van der Waals surface area contributed by atoms with E-state index in [2.05, 4.69) is 9.97 Å². The van der Waals surface area contributed by atoms with Gasteiger partial charge in [0.05, 0.1) is 11.3 Å². The van der Waals surface area contributed by atoms with Gasteiger partial charge in [-0.1, -0.05) is 23.9 Å². The number of hydrogen-bond acceptors (Lipinski definition) is 4. The van der Waals surface area contributed by atoms with E-state index in [0.29, 0.717) is 10.9 Å². The fraction of sp³-hybridized carbons (Fsp3) is 0.312. The number of hydrogen-bond donors (Lipinski definition) is 2. The van der Waals surface area contributed by atoms with Crippen LogP contribution in [0.3, 0.4) is 0 Å². The lowest BCUT2D eigenvalue weighted by molar-refractivity contribution is 0.0697. The first kappa shape index (κ1) is 14.8. The van der Waals surface area contributed by atoms with Crippen molar-refractivity contribution < 1.29 is 9.90 Å². The van der Waals surface area contributed by atoms with Crippen molar-refractivity contribution in [2.45, 2.75) is 36.6 Å². The second-order valence-corrected chi connectivity index (χ2v) is 6.26. The summed E-state index contributed by atoms with van der Waals surface area (Å²) in [5.41, 5.74) is 3.01. The largest absolute Gasteiger partial charge is 0.478 e. The first-order valence-corrected chi connectivity index (χ1v) is 8.19. The van der Waals surface area contributed by atoms with Crippen LogP contribution in [0.1, 0.15) is 40.0 Å². The highest BCUT2D eigenvalue weighted by Crippen LogP contribution is 2.22. The molecule has 6 heteroatoms. The van der Waals surface area contributed by atoms with Gasteiger partial charge in [-0.2, -0.15) is 0 Å². The van der Waals surface area contributed by atoms with E-state index in [0.717, 1.165) is 42.5 Å². The standard InChI is InChI=1S/C16H16N2O3S/c19-14-12-3-1-2-4-13(12)17-16(18-14)22-9-10-5-7-11(8-6-10)15(20)21/h5-8H,1-4,9H2,(H,20,21)(H,17,18,19). The SMILES string of the molecule is O=C(O)c1ccc(CSc2nc3c(c(=O)[nH]2)CCCC3)cc1. The Morgan fingerprint density at radius 1 is 1.23 bits per heavy atom. The summed E-state index contributed by atoms with van der Waals surface area (Å²) < 4.78 is 0. The molecule has 0 spiro atoms. The van der Waals surface area contributed by atoms with Crippen molar-refractivity contribution in [3.63, 3.8) is 0 Å². The predicted octanol–water partition coefficient (Wildman–Crippen LogP) is 2.64. The second kappa shape index (κ2) is 6.36. The molecule has 0 radical (unpaired) electrons. The minimum atomic E-state index is -0.931. The number of aromatic carboxylic acids is 1. The van der Waals surface area contributed by atoms with Gasteiger partial charge in [0.2, 0.25) is 0 Å². The first-order valence-electron chi connectivity index (χ1n) is 7.20. The molecule has 0 amide bonds. The van der Waals surface area contributed by atoms with Crippen LogP contribution in [0, 0.1) is 0 Å². The minimum Gasteiger partial charge on any atom is -0.478 e. The number of thioether (sulfide) groups is 1. The highest BCUT2D eigenvalue weighted by molar-refractivity contribution is 7.98. The number of nitrogens with zero attached hydrogens (tertiary/aromatic N) is 1. The third-order valence-corrected chi connectivity index (χ3v) is 4.69. The molecule has 0 atom stereocenters. The molecular weight excluding hydrogens is 300 g/mol. The molecule has 1 aliphatic carbocycles. The number of fused-ring (bicyclic) bond motifs is 1. The van der Waals surface area contributed by atoms with Crippen molar-refractivity contribution in [2.75, 3.05) is 0 Å². The summed E-state index contributed by atoms with van der Waals surface area (Å²) in [7, 11) is 0. The molecular formula is C16H16N2O3S. The average molecular weight is 316 g/mol. The molecule has 0 aliphatic heterocycles. The van der Waals surface area contributed by atoms with Crippen LogP contribution in [0.5, 0.6) is 0 Å². The van der Waals surface area contributed by atoms with E-state index in [1.54, 1.807) is 24.3 Å². The van der Waals surface area contributed by atoms with E-state index in [1.807, 2.05) is 0 Å². The van der Waals surface area contributed by atoms with E-state index in [1.165, 1.54) is 11.8 Å². The molecule has 1 aromatic heterocycles. The fourth-order valence-electron chi connectivity index (χ4n) is 2.54. The van der Waals surface area contributed by atoms with Crippen LogP contribution in [0.25, 0.3) is 0 Å². The summed E-state index contributed by atoms with van der Waals surface area (Å²) >= 11 is 1.46. The maximum atomic E-state index is 12.0. The lowest BCUT2D eigenvalue weighted by atomic mass is 9.97. The van der Waals surface area contributed by atoms with E-state index in [9.17, 15) is 9.59 Å². The first-order chi connectivity index (χ1) is 10.6. The monoisotopic (exact) mass is 316 g/mol. The fourth-order valence-corrected chi connectivity index (χ4v) is 3.38. The third-order valence-electron chi connectivity index (χ3n) is 3.75. The molecule has 0 bridgehead atoms. The van der Waals surface area contributed by atoms with Gasteiger partial charge in [0.25, 0.3) is 5.56 Å². The highest BCUT2D eigenvalue weighted by Gasteiger charge is 2.15. The number of H-pyrrole nitrogens is 1. The van der Waals surface area contributed by atoms with Crippen LogP contribution < -0.4 is 5.56 Å². The number of aryl methyl sites for hydroxylation is 1. The number of nitrogens with one attached hydrogen (secondary N) is 1. The summed E-state index contributed by atoms with van der Waals surface area (Å²) in [5.74, 6) is -0.290. The number of rotatable bonds is 4. The Hall–Kier alpha value is -2.08. The second-order valence-electron chi connectivity index (χ2n) is 5.29. The normalized spacial score (nSPS) is 13.6. The Bertz CT molecular complexity index is 753. The third kappa shape index (κ3) is 3.22. The van der Waals surface area contributed by atoms with Gasteiger partial charge in [0, 0.05) is 11.3 Å². The number of carboxylic acid groups (broad SMARTS) is 1. The van der Waals surface area contributed by atoms with Gasteiger partial charge in [-0.15, -0.1) is 0 Å². The molecule has 3 rings (SSSR count). The molecule has 0 fully saturated rings. The quantitative estimate of drug-likeness (QED) is 0.669. The van der Waals surface area contributed by atoms with Crippen LogP contribution in [-0.2, 0) is 18.6 Å². The van der Waals surface area contributed by atoms with Crippen molar-refractivity contribution >= 4 is 17.7 Å². The highest BCUT2D eigenvalue weighted by atomic mass is 32.2. The number of benzene rings is 1. The van der Waals surface area contributed by atoms with Gasteiger partial charge < -0.3 is 10.1 Å². The van der Waals surface area contributed by atoms with E-state index in [4.69, 9.17) is 5.11 Å². The topological polar surface area (TPSA) is 83.0 Å². The van der Waals surface area contributed by atoms with Gasteiger partial charge >= 0.3 is 5.97 Å². The molecule has 1 heterocycles. The Morgan fingerprint density at radius 3 is 2.68 bits per heavy atom. The van der Waals surface area contributed by atoms with Gasteiger partial charge in [0.15, 0.2) is 5.16 Å². The van der Waals surface area contributed by atoms with Gasteiger partial charge in [0.1, 0.15) is 0 Å². The maximum Gasteiger partial charge on any atom is 0.335 e. The zero-order valence-electron chi connectivity index (χ0n) is 12.0. The molecule has 0 saturated carbocycles. The molecule has 1 aliphatic rings. The van der Waals surface area contributed by atoms with Crippen molar-refractivity contribution in [1.82, 2.24) is 9.97 Å². The molecule has 114 valence electrons. The zero-order valence-corrected chi connectivity index (χ0v) is 12.8. The van der Waals surface area contributed by atoms with E-state index < -0.39 is 5.97 Å². The molecule has 2 N–H and O–H groups in total. The minimum absolute atomic E-state index is 0.0200. The maximum absolute atomic E-state index is 12.0. The van der Waals surface area contributed by atoms with Crippen molar-refractivity contribution in [1.29, 1.82) is 0 Å². The Morgan fingerprint density at radius 2 is 1.95 bits per heavy atom. The molecule has 2 aromatic rings. The van der Waals surface area contributed by atoms with Crippen LogP contribution in [-0.4, -0.2) is 21.0 Å². The van der Waals surface area contributed by atoms with Gasteiger partial charge in [-0.05, 0) is 43.4 Å². The van der Waals surface area contributed by atoms with Crippen molar-refractivity contribution in [3.8, 4) is 0 Å². The summed E-state index contributed by atoms with van der Waals surface area (Å²) in [6.07, 6.45) is 3.84. The molecule has 0 saturated heterocycles. The summed E-state index contributed by atoms with van der Waals surface area (Å²) in [6, 6.07) is 6.74. The Kier molecular flexibility index (Phi) is 4.29. The lowest BCUT2D eigenvalue weighted by Gasteiger charge is -2.14.